The monoisotopic (exact) mass is 645 g/mol. The van der Waals surface area contributed by atoms with Crippen LogP contribution in [0.1, 0.15) is 36.0 Å². The van der Waals surface area contributed by atoms with Crippen LogP contribution in [0, 0.1) is 11.7 Å². The summed E-state index contributed by atoms with van der Waals surface area (Å²) in [6, 6.07) is 3.77. The molecule has 2 aromatic carbocycles. The van der Waals surface area contributed by atoms with E-state index in [1.165, 1.54) is 4.90 Å². The number of rotatable bonds is 4. The fraction of sp³-hybridized carbons (Fsp3) is 0.500. The molecule has 0 aromatic heterocycles. The van der Waals surface area contributed by atoms with Crippen molar-refractivity contribution in [1.29, 1.82) is 0 Å². The van der Waals surface area contributed by atoms with Gasteiger partial charge in [0.2, 0.25) is 5.91 Å². The van der Waals surface area contributed by atoms with Gasteiger partial charge < -0.3 is 4.90 Å². The predicted octanol–water partition coefficient (Wildman–Crippen LogP) is 4.77. The van der Waals surface area contributed by atoms with Crippen molar-refractivity contribution in [3.63, 3.8) is 0 Å². The summed E-state index contributed by atoms with van der Waals surface area (Å²) in [4.78, 5) is 14.3. The maximum atomic E-state index is 14.9. The van der Waals surface area contributed by atoms with Crippen molar-refractivity contribution >= 4 is 25.6 Å². The van der Waals surface area contributed by atoms with Gasteiger partial charge in [-0.25, -0.2) is 25.6 Å². The van der Waals surface area contributed by atoms with Gasteiger partial charge in [0.1, 0.15) is 10.6 Å². The van der Waals surface area contributed by atoms with Gasteiger partial charge in [-0.1, -0.05) is 18.2 Å². The SMILES string of the molecule is O=C(C1CCS(=O)(=O)C1)N1CC[C@@]2(S(=O)(=O)c3ccc(F)cc3)c3ccc(C(F)(C(F)(F)F)C(F)(F)F)cc3CC[C@@H]12. The fourth-order valence-corrected chi connectivity index (χ4v) is 10.6. The molecule has 0 bridgehead atoms. The summed E-state index contributed by atoms with van der Waals surface area (Å²) in [5.41, 5.74) is -7.98. The van der Waals surface area contributed by atoms with Gasteiger partial charge in [-0.3, -0.25) is 4.79 Å². The van der Waals surface area contributed by atoms with Crippen LogP contribution < -0.4 is 0 Å². The highest BCUT2D eigenvalue weighted by atomic mass is 32.2. The molecule has 42 heavy (non-hydrogen) atoms. The number of carbonyl (C=O) groups excluding carboxylic acids is 1. The van der Waals surface area contributed by atoms with Crippen molar-refractivity contribution in [3.8, 4) is 0 Å². The third-order valence-corrected chi connectivity index (χ3v) is 12.9. The fourth-order valence-electron chi connectivity index (χ4n) is 6.54. The van der Waals surface area contributed by atoms with Crippen LogP contribution in [-0.2, 0) is 41.3 Å². The molecular formula is C26H23F8NO5S2. The lowest BCUT2D eigenvalue weighted by molar-refractivity contribution is -0.348. The lowest BCUT2D eigenvalue weighted by Gasteiger charge is -2.43. The van der Waals surface area contributed by atoms with Gasteiger partial charge in [0.25, 0.3) is 0 Å². The maximum Gasteiger partial charge on any atom is 0.435 e. The van der Waals surface area contributed by atoms with Crippen molar-refractivity contribution in [2.75, 3.05) is 18.1 Å². The maximum absolute atomic E-state index is 14.9. The predicted molar refractivity (Wildman–Crippen MR) is 132 cm³/mol. The second kappa shape index (κ2) is 9.63. The topological polar surface area (TPSA) is 88.6 Å². The van der Waals surface area contributed by atoms with E-state index in [4.69, 9.17) is 0 Å². The third kappa shape index (κ3) is 4.42. The van der Waals surface area contributed by atoms with Gasteiger partial charge in [-0.15, -0.1) is 0 Å². The molecule has 1 amide bonds. The minimum Gasteiger partial charge on any atom is -0.337 e. The number of fused-ring (bicyclic) bond motifs is 3. The van der Waals surface area contributed by atoms with Gasteiger partial charge in [0.15, 0.2) is 19.7 Å². The largest absolute Gasteiger partial charge is 0.435 e. The van der Waals surface area contributed by atoms with Crippen LogP contribution in [0.5, 0.6) is 0 Å². The zero-order valence-corrected chi connectivity index (χ0v) is 23.1. The first-order valence-corrected chi connectivity index (χ1v) is 16.0. The molecule has 1 aliphatic carbocycles. The summed E-state index contributed by atoms with van der Waals surface area (Å²) in [7, 11) is -8.13. The van der Waals surface area contributed by atoms with Gasteiger partial charge >= 0.3 is 18.0 Å². The molecule has 3 atom stereocenters. The summed E-state index contributed by atoms with van der Waals surface area (Å²) in [5, 5.41) is 0. The zero-order valence-electron chi connectivity index (χ0n) is 21.5. The van der Waals surface area contributed by atoms with E-state index in [0.29, 0.717) is 6.07 Å². The van der Waals surface area contributed by atoms with Crippen LogP contribution >= 0.6 is 0 Å². The first-order valence-electron chi connectivity index (χ1n) is 12.7. The minimum absolute atomic E-state index is 0.00944. The number of nitrogens with zero attached hydrogens (tertiary/aromatic N) is 1. The molecule has 0 spiro atoms. The standard InChI is InChI=1S/C26H23F8NO5S2/c27-18-3-5-19(6-4-18)42(39,40)23-10-11-35(22(36)16-9-12-41(37,38)14-16)21(23)8-1-15-13-17(2-7-20(15)23)24(28,25(29,30)31)26(32,33)34/h2-7,13,16,21H,1,8-12,14H2/t16?,21-,23-/m1/s1. The van der Waals surface area contributed by atoms with Gasteiger partial charge in [0, 0.05) is 12.1 Å². The molecule has 2 heterocycles. The first kappa shape index (κ1) is 30.7. The third-order valence-electron chi connectivity index (χ3n) is 8.53. The Hall–Kier alpha value is -2.75. The second-order valence-corrected chi connectivity index (χ2v) is 15.2. The van der Waals surface area contributed by atoms with Gasteiger partial charge in [-0.05, 0) is 61.1 Å². The molecule has 6 nitrogen and oxygen atoms in total. The number of benzene rings is 2. The van der Waals surface area contributed by atoms with E-state index in [0.717, 1.165) is 30.3 Å². The number of alkyl halides is 7. The van der Waals surface area contributed by atoms with Crippen LogP contribution in [0.2, 0.25) is 0 Å². The number of aryl methyl sites for hydroxylation is 1. The summed E-state index contributed by atoms with van der Waals surface area (Å²) in [5.74, 6) is -3.04. The highest BCUT2D eigenvalue weighted by Crippen LogP contribution is 2.57. The summed E-state index contributed by atoms with van der Waals surface area (Å²) in [6.45, 7) is -0.209. The summed E-state index contributed by atoms with van der Waals surface area (Å²) >= 11 is 0. The molecular weight excluding hydrogens is 622 g/mol. The van der Waals surface area contributed by atoms with Crippen LogP contribution in [0.25, 0.3) is 0 Å². The summed E-state index contributed by atoms with van der Waals surface area (Å²) in [6.07, 6.45) is -13.6. The Morgan fingerprint density at radius 3 is 2.10 bits per heavy atom. The van der Waals surface area contributed by atoms with Crippen LogP contribution in [0.4, 0.5) is 35.1 Å². The molecule has 230 valence electrons. The number of hydrogen-bond donors (Lipinski definition) is 0. The Balaban J connectivity index is 1.68. The molecule has 0 radical (unpaired) electrons. The summed E-state index contributed by atoms with van der Waals surface area (Å²) < 4.78 is 160. The Bertz CT molecular complexity index is 1620. The molecule has 0 saturated carbocycles. The number of halogens is 8. The smallest absolute Gasteiger partial charge is 0.337 e. The van der Waals surface area contributed by atoms with E-state index < -0.39 is 82.3 Å². The minimum atomic E-state index is -6.38. The second-order valence-electron chi connectivity index (χ2n) is 10.8. The van der Waals surface area contributed by atoms with Crippen LogP contribution in [-0.4, -0.2) is 64.1 Å². The van der Waals surface area contributed by atoms with Crippen molar-refractivity contribution in [1.82, 2.24) is 4.90 Å². The number of likely N-dealkylation sites (tertiary alicyclic amines) is 1. The molecule has 2 aromatic rings. The number of sulfone groups is 2. The van der Waals surface area contributed by atoms with E-state index >= 15 is 0 Å². The molecule has 2 aliphatic heterocycles. The Kier molecular flexibility index (Phi) is 7.04. The lowest BCUT2D eigenvalue weighted by atomic mass is 9.76. The Morgan fingerprint density at radius 2 is 1.55 bits per heavy atom. The Morgan fingerprint density at radius 1 is 0.929 bits per heavy atom. The van der Waals surface area contributed by atoms with Crippen molar-refractivity contribution < 1.29 is 56.8 Å². The van der Waals surface area contributed by atoms with E-state index in [-0.39, 0.29) is 55.2 Å². The highest BCUT2D eigenvalue weighted by molar-refractivity contribution is 7.92. The van der Waals surface area contributed by atoms with Crippen molar-refractivity contribution in [2.24, 2.45) is 5.92 Å². The zero-order chi connectivity index (χ0) is 31.1. The average Bonchev–Trinajstić information content (AvgIpc) is 3.47. The number of carbonyl (C=O) groups is 1. The van der Waals surface area contributed by atoms with Crippen molar-refractivity contribution in [3.05, 3.63) is 65.0 Å². The molecule has 1 unspecified atom stereocenters. The molecule has 0 N–H and O–H groups in total. The number of hydrogen-bond acceptors (Lipinski definition) is 5. The Labute approximate surface area is 235 Å². The highest BCUT2D eigenvalue weighted by Gasteiger charge is 2.74. The quantitative estimate of drug-likeness (QED) is 0.354. The molecule has 5 rings (SSSR count). The van der Waals surface area contributed by atoms with E-state index in [1.807, 2.05) is 0 Å². The lowest BCUT2D eigenvalue weighted by Crippen LogP contribution is -2.53. The molecule has 16 heteroatoms. The van der Waals surface area contributed by atoms with Crippen molar-refractivity contribution in [2.45, 2.75) is 59.4 Å². The molecule has 3 aliphatic rings. The van der Waals surface area contributed by atoms with E-state index in [9.17, 15) is 56.8 Å². The normalized spacial score (nSPS) is 26.1. The van der Waals surface area contributed by atoms with Gasteiger partial charge in [0.05, 0.1) is 28.4 Å². The molecule has 2 saturated heterocycles. The number of amides is 1. The average molecular weight is 646 g/mol. The molecule has 2 fully saturated rings. The van der Waals surface area contributed by atoms with Crippen LogP contribution in [0.3, 0.4) is 0 Å². The first-order chi connectivity index (χ1) is 19.3. The van der Waals surface area contributed by atoms with E-state index in [2.05, 4.69) is 0 Å². The van der Waals surface area contributed by atoms with Crippen LogP contribution in [0.15, 0.2) is 47.4 Å². The van der Waals surface area contributed by atoms with Gasteiger partial charge in [-0.2, -0.15) is 26.3 Å². The van der Waals surface area contributed by atoms with E-state index in [1.54, 1.807) is 0 Å².